The molecule has 0 spiro atoms. The molecular weight excluding hydrogens is 324 g/mol. The van der Waals surface area contributed by atoms with E-state index < -0.39 is 12.0 Å². The fraction of sp³-hybridized carbons (Fsp3) is 0.357. The summed E-state index contributed by atoms with van der Waals surface area (Å²) in [5.74, 6) is -0.508. The van der Waals surface area contributed by atoms with E-state index in [-0.39, 0.29) is 11.1 Å². The molecule has 0 aliphatic carbocycles. The number of urea groups is 2. The predicted octanol–water partition coefficient (Wildman–Crippen LogP) is 1.27. The monoisotopic (exact) mass is 340 g/mol. The van der Waals surface area contributed by atoms with Crippen molar-refractivity contribution in [2.75, 3.05) is 38.6 Å². The molecule has 9 heteroatoms. The lowest BCUT2D eigenvalue weighted by atomic mass is 10.2. The third-order valence-electron chi connectivity index (χ3n) is 3.25. The molecule has 0 aromatic heterocycles. The van der Waals surface area contributed by atoms with Gasteiger partial charge in [0.1, 0.15) is 0 Å². The molecule has 2 rings (SSSR count). The lowest BCUT2D eigenvalue weighted by Gasteiger charge is -2.15. The van der Waals surface area contributed by atoms with Crippen molar-refractivity contribution in [1.29, 1.82) is 0 Å². The third kappa shape index (κ3) is 4.49. The van der Waals surface area contributed by atoms with Crippen LogP contribution in [0.3, 0.4) is 0 Å². The molecule has 0 unspecified atom stereocenters. The lowest BCUT2D eigenvalue weighted by Crippen LogP contribution is -2.38. The number of carbonyl (C=O) groups is 3. The van der Waals surface area contributed by atoms with Crippen LogP contribution in [0.4, 0.5) is 15.3 Å². The molecule has 4 amide bonds. The first-order valence-electron chi connectivity index (χ1n) is 6.96. The van der Waals surface area contributed by atoms with E-state index in [4.69, 9.17) is 11.6 Å². The second-order valence-electron chi connectivity index (χ2n) is 4.79. The molecule has 1 fully saturated rings. The Hall–Kier alpha value is -2.48. The minimum atomic E-state index is -0.508. The molecule has 3 N–H and O–H groups in total. The van der Waals surface area contributed by atoms with Crippen LogP contribution in [0.2, 0.25) is 5.02 Å². The number of hydrogen-bond donors (Lipinski definition) is 3. The Labute approximate surface area is 138 Å². The molecule has 1 saturated heterocycles. The summed E-state index contributed by atoms with van der Waals surface area (Å²) in [5, 5.41) is 8.11. The van der Waals surface area contributed by atoms with Gasteiger partial charge in [-0.2, -0.15) is 0 Å². The Balaban J connectivity index is 1.83. The van der Waals surface area contributed by atoms with Gasteiger partial charge in [0.15, 0.2) is 0 Å². The number of hydrogen-bond acceptors (Lipinski definition) is 4. The molecule has 0 radical (unpaired) electrons. The number of halogens is 1. The minimum Gasteiger partial charge on any atom is -0.465 e. The van der Waals surface area contributed by atoms with Crippen LogP contribution < -0.4 is 16.0 Å². The van der Waals surface area contributed by atoms with E-state index in [2.05, 4.69) is 20.7 Å². The van der Waals surface area contributed by atoms with E-state index >= 15 is 0 Å². The van der Waals surface area contributed by atoms with Gasteiger partial charge in [-0.15, -0.1) is 0 Å². The van der Waals surface area contributed by atoms with Gasteiger partial charge >= 0.3 is 18.0 Å². The maximum absolute atomic E-state index is 11.8. The normalized spacial score (nSPS) is 13.5. The van der Waals surface area contributed by atoms with Gasteiger partial charge in [-0.25, -0.2) is 14.4 Å². The SMILES string of the molecule is COC(=O)c1ccc(NC(=O)NCCN2CCNC2=O)c(Cl)c1. The Morgan fingerprint density at radius 1 is 1.43 bits per heavy atom. The van der Waals surface area contributed by atoms with E-state index in [1.54, 1.807) is 4.90 Å². The number of benzene rings is 1. The summed E-state index contributed by atoms with van der Waals surface area (Å²) in [6.07, 6.45) is 0. The highest BCUT2D eigenvalue weighted by atomic mass is 35.5. The fourth-order valence-corrected chi connectivity index (χ4v) is 2.28. The van der Waals surface area contributed by atoms with Crippen molar-refractivity contribution in [2.24, 2.45) is 0 Å². The number of nitrogens with zero attached hydrogens (tertiary/aromatic N) is 1. The Bertz CT molecular complexity index is 623. The quantitative estimate of drug-likeness (QED) is 0.703. The zero-order valence-electron chi connectivity index (χ0n) is 12.5. The number of nitrogens with one attached hydrogen (secondary N) is 3. The molecule has 0 bridgehead atoms. The van der Waals surface area contributed by atoms with Crippen LogP contribution in [0, 0.1) is 0 Å². The summed E-state index contributed by atoms with van der Waals surface area (Å²) in [7, 11) is 1.27. The zero-order chi connectivity index (χ0) is 16.8. The Morgan fingerprint density at radius 2 is 2.22 bits per heavy atom. The first-order chi connectivity index (χ1) is 11.0. The second-order valence-corrected chi connectivity index (χ2v) is 5.19. The maximum Gasteiger partial charge on any atom is 0.337 e. The molecule has 124 valence electrons. The molecule has 1 aliphatic heterocycles. The number of amides is 4. The highest BCUT2D eigenvalue weighted by Crippen LogP contribution is 2.23. The molecule has 1 heterocycles. The summed E-state index contributed by atoms with van der Waals surface area (Å²) < 4.78 is 4.59. The van der Waals surface area contributed by atoms with Gasteiger partial charge in [0.05, 0.1) is 23.4 Å². The van der Waals surface area contributed by atoms with Gasteiger partial charge in [-0.3, -0.25) is 0 Å². The van der Waals surface area contributed by atoms with Crippen molar-refractivity contribution in [1.82, 2.24) is 15.5 Å². The van der Waals surface area contributed by atoms with E-state index in [1.807, 2.05) is 0 Å². The van der Waals surface area contributed by atoms with Crippen LogP contribution in [0.25, 0.3) is 0 Å². The predicted molar refractivity (Wildman–Crippen MR) is 84.8 cm³/mol. The largest absolute Gasteiger partial charge is 0.465 e. The molecule has 1 aromatic carbocycles. The first kappa shape index (κ1) is 16.9. The number of rotatable bonds is 5. The molecule has 1 aliphatic rings. The average Bonchev–Trinajstić information content (AvgIpc) is 2.94. The standard InChI is InChI=1S/C14H17ClN4O4/c1-23-12(20)9-2-3-11(10(15)8-9)18-13(21)16-4-6-19-7-5-17-14(19)22/h2-3,8H,4-7H2,1H3,(H,17,22)(H2,16,18,21). The van der Waals surface area contributed by atoms with Crippen molar-refractivity contribution in [2.45, 2.75) is 0 Å². The van der Waals surface area contributed by atoms with E-state index in [1.165, 1.54) is 25.3 Å². The fourth-order valence-electron chi connectivity index (χ4n) is 2.06. The van der Waals surface area contributed by atoms with Crippen molar-refractivity contribution in [3.63, 3.8) is 0 Å². The number of carbonyl (C=O) groups excluding carboxylic acids is 3. The summed E-state index contributed by atoms with van der Waals surface area (Å²) in [5.41, 5.74) is 0.666. The molecule has 0 saturated carbocycles. The zero-order valence-corrected chi connectivity index (χ0v) is 13.3. The summed E-state index contributed by atoms with van der Waals surface area (Å²) in [6.45, 7) is 1.99. The van der Waals surface area contributed by atoms with Crippen molar-refractivity contribution in [3.05, 3.63) is 28.8 Å². The van der Waals surface area contributed by atoms with Gasteiger partial charge in [-0.1, -0.05) is 11.6 Å². The highest BCUT2D eigenvalue weighted by molar-refractivity contribution is 6.34. The van der Waals surface area contributed by atoms with Gasteiger partial charge < -0.3 is 25.6 Å². The first-order valence-corrected chi connectivity index (χ1v) is 7.34. The third-order valence-corrected chi connectivity index (χ3v) is 3.56. The molecule has 1 aromatic rings. The van der Waals surface area contributed by atoms with Crippen molar-refractivity contribution >= 4 is 35.3 Å². The number of anilines is 1. The van der Waals surface area contributed by atoms with Crippen LogP contribution in [0.5, 0.6) is 0 Å². The Morgan fingerprint density at radius 3 is 2.83 bits per heavy atom. The van der Waals surface area contributed by atoms with Crippen LogP contribution in [-0.2, 0) is 4.74 Å². The highest BCUT2D eigenvalue weighted by Gasteiger charge is 2.18. The van der Waals surface area contributed by atoms with Gasteiger partial charge in [-0.05, 0) is 18.2 Å². The molecule has 23 heavy (non-hydrogen) atoms. The van der Waals surface area contributed by atoms with Crippen LogP contribution in [-0.4, -0.2) is 56.2 Å². The molecule has 0 atom stereocenters. The van der Waals surface area contributed by atoms with Crippen molar-refractivity contribution < 1.29 is 19.1 Å². The van der Waals surface area contributed by atoms with E-state index in [9.17, 15) is 14.4 Å². The second kappa shape index (κ2) is 7.68. The summed E-state index contributed by atoms with van der Waals surface area (Å²) >= 11 is 6.02. The maximum atomic E-state index is 11.8. The van der Waals surface area contributed by atoms with Gasteiger partial charge in [0.25, 0.3) is 0 Å². The molecule has 8 nitrogen and oxygen atoms in total. The van der Waals surface area contributed by atoms with Gasteiger partial charge in [0, 0.05) is 26.2 Å². The minimum absolute atomic E-state index is 0.131. The number of ether oxygens (including phenoxy) is 1. The summed E-state index contributed by atoms with van der Waals surface area (Å²) in [4.78, 5) is 36.1. The van der Waals surface area contributed by atoms with Crippen LogP contribution in [0.15, 0.2) is 18.2 Å². The number of methoxy groups -OCH3 is 1. The topological polar surface area (TPSA) is 99.8 Å². The number of esters is 1. The van der Waals surface area contributed by atoms with E-state index in [0.717, 1.165) is 0 Å². The lowest BCUT2D eigenvalue weighted by molar-refractivity contribution is 0.0600. The van der Waals surface area contributed by atoms with Gasteiger partial charge in [0.2, 0.25) is 0 Å². The van der Waals surface area contributed by atoms with E-state index in [0.29, 0.717) is 37.4 Å². The summed E-state index contributed by atoms with van der Waals surface area (Å²) in [6, 6.07) is 3.85. The van der Waals surface area contributed by atoms with Crippen LogP contribution in [0.1, 0.15) is 10.4 Å². The average molecular weight is 341 g/mol. The van der Waals surface area contributed by atoms with Crippen LogP contribution >= 0.6 is 11.6 Å². The smallest absolute Gasteiger partial charge is 0.337 e. The molecular formula is C14H17ClN4O4. The Kier molecular flexibility index (Phi) is 5.64. The van der Waals surface area contributed by atoms with Crippen molar-refractivity contribution in [3.8, 4) is 0 Å².